The predicted molar refractivity (Wildman–Crippen MR) is 127 cm³/mol. The highest BCUT2D eigenvalue weighted by atomic mass is 16.6. The number of methoxy groups -OCH3 is 1. The summed E-state index contributed by atoms with van der Waals surface area (Å²) in [5, 5.41) is 5.36. The molecule has 0 aliphatic rings. The minimum absolute atomic E-state index is 0.268. The second kappa shape index (κ2) is 11.4. The van der Waals surface area contributed by atoms with Gasteiger partial charge in [0, 0.05) is 12.2 Å². The quantitative estimate of drug-likeness (QED) is 0.626. The van der Waals surface area contributed by atoms with E-state index < -0.39 is 23.6 Å². The number of nitrogens with zero attached hydrogens (tertiary/aromatic N) is 1. The number of rotatable bonds is 8. The van der Waals surface area contributed by atoms with Crippen LogP contribution in [0.1, 0.15) is 44.9 Å². The number of aryl methyl sites for hydroxylation is 1. The number of hydrogen-bond acceptors (Lipinski definition) is 5. The van der Waals surface area contributed by atoms with Crippen molar-refractivity contribution in [2.45, 2.75) is 46.3 Å². The van der Waals surface area contributed by atoms with Gasteiger partial charge in [0.1, 0.15) is 23.9 Å². The molecule has 1 unspecified atom stereocenters. The largest absolute Gasteiger partial charge is 0.497 e. The number of alkyl carbamates (subject to hydrolysis) is 1. The van der Waals surface area contributed by atoms with Gasteiger partial charge in [-0.15, -0.1) is 0 Å². The van der Waals surface area contributed by atoms with Crippen LogP contribution in [0.2, 0.25) is 0 Å². The fraction of sp³-hybridized carbons (Fsp3) is 0.400. The first kappa shape index (κ1) is 25.7. The number of nitrogens with one attached hydrogen (secondary N) is 2. The van der Waals surface area contributed by atoms with E-state index in [0.29, 0.717) is 17.0 Å². The molecule has 0 aliphatic heterocycles. The smallest absolute Gasteiger partial charge is 0.408 e. The minimum Gasteiger partial charge on any atom is -0.497 e. The lowest BCUT2D eigenvalue weighted by molar-refractivity contribution is -0.138. The summed E-state index contributed by atoms with van der Waals surface area (Å²) in [6.45, 7) is 8.88. The highest BCUT2D eigenvalue weighted by Gasteiger charge is 2.32. The van der Waals surface area contributed by atoms with Crippen molar-refractivity contribution in [3.05, 3.63) is 59.7 Å². The monoisotopic (exact) mass is 455 g/mol. The molecule has 0 aliphatic carbocycles. The normalized spacial score (nSPS) is 11.8. The Bertz CT molecular complexity index is 967. The number of ether oxygens (including phenoxy) is 2. The van der Waals surface area contributed by atoms with Gasteiger partial charge in [-0.25, -0.2) is 4.79 Å². The van der Waals surface area contributed by atoms with E-state index in [2.05, 4.69) is 10.6 Å². The Labute approximate surface area is 195 Å². The molecular weight excluding hydrogens is 422 g/mol. The van der Waals surface area contributed by atoms with E-state index in [1.54, 1.807) is 59.1 Å². The Balaban J connectivity index is 2.27. The highest BCUT2D eigenvalue weighted by molar-refractivity contribution is 5.98. The standard InChI is InChI=1S/C25H33N3O5/c1-7-28(21(29)16-26-24(31)33-25(3,4)5)22(20-11-9-8-10-17(20)2)23(30)27-18-12-14-19(32-6)15-13-18/h8-15,22H,7,16H2,1-6H3,(H,26,31)(H,27,30). The van der Waals surface area contributed by atoms with Gasteiger partial charge in [0.15, 0.2) is 0 Å². The van der Waals surface area contributed by atoms with Crippen molar-refractivity contribution in [1.29, 1.82) is 0 Å². The SMILES string of the molecule is CCN(C(=O)CNC(=O)OC(C)(C)C)C(C(=O)Nc1ccc(OC)cc1)c1ccccc1C. The van der Waals surface area contributed by atoms with Crippen LogP contribution < -0.4 is 15.4 Å². The summed E-state index contributed by atoms with van der Waals surface area (Å²) in [7, 11) is 1.57. The Morgan fingerprint density at radius 2 is 1.67 bits per heavy atom. The maximum absolute atomic E-state index is 13.4. The molecule has 2 aromatic rings. The van der Waals surface area contributed by atoms with Crippen molar-refractivity contribution in [2.75, 3.05) is 25.5 Å². The van der Waals surface area contributed by atoms with Gasteiger partial charge < -0.3 is 25.0 Å². The van der Waals surface area contributed by atoms with Crippen LogP contribution in [0.25, 0.3) is 0 Å². The number of carbonyl (C=O) groups is 3. The molecule has 33 heavy (non-hydrogen) atoms. The van der Waals surface area contributed by atoms with E-state index in [-0.39, 0.29) is 19.0 Å². The lowest BCUT2D eigenvalue weighted by atomic mass is 9.98. The third kappa shape index (κ3) is 7.52. The van der Waals surface area contributed by atoms with Gasteiger partial charge in [-0.1, -0.05) is 24.3 Å². The third-order valence-electron chi connectivity index (χ3n) is 4.84. The van der Waals surface area contributed by atoms with Crippen molar-refractivity contribution in [1.82, 2.24) is 10.2 Å². The first-order valence-corrected chi connectivity index (χ1v) is 10.8. The molecule has 8 heteroatoms. The fourth-order valence-corrected chi connectivity index (χ4v) is 3.30. The average Bonchev–Trinajstić information content (AvgIpc) is 2.75. The molecule has 178 valence electrons. The number of amides is 3. The Morgan fingerprint density at radius 3 is 2.21 bits per heavy atom. The topological polar surface area (TPSA) is 97.0 Å². The number of anilines is 1. The molecule has 8 nitrogen and oxygen atoms in total. The van der Waals surface area contributed by atoms with E-state index >= 15 is 0 Å². The van der Waals surface area contributed by atoms with Crippen LogP contribution in [-0.2, 0) is 14.3 Å². The number of likely N-dealkylation sites (N-methyl/N-ethyl adjacent to an activating group) is 1. The zero-order chi connectivity index (χ0) is 24.6. The van der Waals surface area contributed by atoms with Gasteiger partial charge in [-0.05, 0) is 70.0 Å². The first-order chi connectivity index (χ1) is 15.6. The van der Waals surface area contributed by atoms with E-state index in [1.165, 1.54) is 4.90 Å². The van der Waals surface area contributed by atoms with Gasteiger partial charge in [0.2, 0.25) is 5.91 Å². The first-order valence-electron chi connectivity index (χ1n) is 10.8. The zero-order valence-electron chi connectivity index (χ0n) is 20.1. The van der Waals surface area contributed by atoms with Crippen LogP contribution in [0.3, 0.4) is 0 Å². The molecule has 3 amide bonds. The Morgan fingerprint density at radius 1 is 1.03 bits per heavy atom. The molecular formula is C25H33N3O5. The van der Waals surface area contributed by atoms with Crippen molar-refractivity contribution >= 4 is 23.6 Å². The summed E-state index contributed by atoms with van der Waals surface area (Å²) in [6, 6.07) is 13.5. The molecule has 1 atom stereocenters. The van der Waals surface area contributed by atoms with Crippen LogP contribution in [0, 0.1) is 6.92 Å². The second-order valence-electron chi connectivity index (χ2n) is 8.51. The number of carbonyl (C=O) groups excluding carboxylic acids is 3. The van der Waals surface area contributed by atoms with E-state index in [1.807, 2.05) is 31.2 Å². The van der Waals surface area contributed by atoms with Crippen LogP contribution in [0.15, 0.2) is 48.5 Å². The van der Waals surface area contributed by atoms with E-state index in [4.69, 9.17) is 9.47 Å². The van der Waals surface area contributed by atoms with Crippen molar-refractivity contribution in [3.63, 3.8) is 0 Å². The summed E-state index contributed by atoms with van der Waals surface area (Å²) in [4.78, 5) is 39.9. The summed E-state index contributed by atoms with van der Waals surface area (Å²) in [6.07, 6.45) is -0.693. The van der Waals surface area contributed by atoms with Gasteiger partial charge in [-0.3, -0.25) is 9.59 Å². The van der Waals surface area contributed by atoms with Crippen molar-refractivity contribution in [2.24, 2.45) is 0 Å². The summed E-state index contributed by atoms with van der Waals surface area (Å²) in [5.74, 6) is -0.0922. The summed E-state index contributed by atoms with van der Waals surface area (Å²) < 4.78 is 10.4. The van der Waals surface area contributed by atoms with Gasteiger partial charge >= 0.3 is 6.09 Å². The average molecular weight is 456 g/mol. The molecule has 0 radical (unpaired) electrons. The van der Waals surface area contributed by atoms with Gasteiger partial charge in [0.05, 0.1) is 7.11 Å². The summed E-state index contributed by atoms with van der Waals surface area (Å²) in [5.41, 5.74) is 1.48. The van der Waals surface area contributed by atoms with Crippen LogP contribution in [-0.4, -0.2) is 48.6 Å². The molecule has 2 N–H and O–H groups in total. The molecule has 0 saturated heterocycles. The molecule has 0 fully saturated rings. The molecule has 0 spiro atoms. The number of hydrogen-bond donors (Lipinski definition) is 2. The molecule has 0 bridgehead atoms. The van der Waals surface area contributed by atoms with Crippen LogP contribution in [0.5, 0.6) is 5.75 Å². The molecule has 2 rings (SSSR count). The maximum atomic E-state index is 13.4. The van der Waals surface area contributed by atoms with Gasteiger partial charge in [0.25, 0.3) is 5.91 Å². The molecule has 0 heterocycles. The molecule has 0 aromatic heterocycles. The predicted octanol–water partition coefficient (Wildman–Crippen LogP) is 4.06. The maximum Gasteiger partial charge on any atom is 0.408 e. The highest BCUT2D eigenvalue weighted by Crippen LogP contribution is 2.26. The number of benzene rings is 2. The van der Waals surface area contributed by atoms with Gasteiger partial charge in [-0.2, -0.15) is 0 Å². The Hall–Kier alpha value is -3.55. The lowest BCUT2D eigenvalue weighted by Crippen LogP contribution is -2.46. The minimum atomic E-state index is -0.883. The molecule has 0 saturated carbocycles. The zero-order valence-corrected chi connectivity index (χ0v) is 20.1. The Kier molecular flexibility index (Phi) is 8.85. The molecule has 2 aromatic carbocycles. The summed E-state index contributed by atoms with van der Waals surface area (Å²) >= 11 is 0. The fourth-order valence-electron chi connectivity index (χ4n) is 3.30. The van der Waals surface area contributed by atoms with Crippen molar-refractivity contribution in [3.8, 4) is 5.75 Å². The van der Waals surface area contributed by atoms with Crippen LogP contribution in [0.4, 0.5) is 10.5 Å². The van der Waals surface area contributed by atoms with E-state index in [0.717, 1.165) is 5.56 Å². The second-order valence-corrected chi connectivity index (χ2v) is 8.51. The van der Waals surface area contributed by atoms with Crippen molar-refractivity contribution < 1.29 is 23.9 Å². The van der Waals surface area contributed by atoms with E-state index in [9.17, 15) is 14.4 Å². The lowest BCUT2D eigenvalue weighted by Gasteiger charge is -2.31. The van der Waals surface area contributed by atoms with Crippen LogP contribution >= 0.6 is 0 Å². The third-order valence-corrected chi connectivity index (χ3v) is 4.84.